The van der Waals surface area contributed by atoms with Gasteiger partial charge in [0.25, 0.3) is 5.91 Å². The van der Waals surface area contributed by atoms with Crippen LogP contribution in [0, 0.1) is 5.82 Å². The zero-order chi connectivity index (χ0) is 16.1. The third-order valence-corrected chi connectivity index (χ3v) is 3.47. The molecule has 0 saturated heterocycles. The van der Waals surface area contributed by atoms with Crippen molar-refractivity contribution in [1.29, 1.82) is 0 Å². The van der Waals surface area contributed by atoms with E-state index in [-0.39, 0.29) is 11.7 Å². The molecule has 3 nitrogen and oxygen atoms in total. The van der Waals surface area contributed by atoms with E-state index in [1.165, 1.54) is 24.3 Å². The first-order chi connectivity index (χ1) is 11.2. The highest BCUT2D eigenvalue weighted by molar-refractivity contribution is 6.05. The molecule has 114 valence electrons. The molecule has 0 bridgehead atoms. The Labute approximate surface area is 134 Å². The van der Waals surface area contributed by atoms with Crippen molar-refractivity contribution in [2.45, 2.75) is 6.54 Å². The second-order valence-corrected chi connectivity index (χ2v) is 5.10. The lowest BCUT2D eigenvalue weighted by atomic mass is 10.1. The highest BCUT2D eigenvalue weighted by atomic mass is 19.1. The standard InChI is InChI=1S/C19H15FN2O/c20-17-10-8-16(9-11-17)19(23)22(18-6-2-1-3-7-18)14-15-5-4-12-21-13-15/h1-13H,14H2. The predicted octanol–water partition coefficient (Wildman–Crippen LogP) is 4.07. The summed E-state index contributed by atoms with van der Waals surface area (Å²) in [5.41, 5.74) is 2.15. The molecule has 3 aromatic rings. The third kappa shape index (κ3) is 3.61. The molecule has 0 unspecified atom stereocenters. The number of rotatable bonds is 4. The van der Waals surface area contributed by atoms with E-state index in [1.54, 1.807) is 17.3 Å². The van der Waals surface area contributed by atoms with Gasteiger partial charge in [-0.3, -0.25) is 9.78 Å². The monoisotopic (exact) mass is 306 g/mol. The van der Waals surface area contributed by atoms with E-state index in [0.29, 0.717) is 12.1 Å². The smallest absolute Gasteiger partial charge is 0.258 e. The van der Waals surface area contributed by atoms with Gasteiger partial charge in [-0.15, -0.1) is 0 Å². The van der Waals surface area contributed by atoms with Crippen molar-refractivity contribution in [1.82, 2.24) is 4.98 Å². The van der Waals surface area contributed by atoms with Crippen LogP contribution in [-0.2, 0) is 6.54 Å². The molecule has 0 N–H and O–H groups in total. The van der Waals surface area contributed by atoms with Crippen LogP contribution in [0.2, 0.25) is 0 Å². The van der Waals surface area contributed by atoms with Gasteiger partial charge in [0.15, 0.2) is 0 Å². The van der Waals surface area contributed by atoms with Crippen LogP contribution in [0.3, 0.4) is 0 Å². The molecule has 0 spiro atoms. The van der Waals surface area contributed by atoms with E-state index in [1.807, 2.05) is 42.5 Å². The number of amides is 1. The van der Waals surface area contributed by atoms with Gasteiger partial charge in [0, 0.05) is 23.6 Å². The first kappa shape index (κ1) is 14.9. The quantitative estimate of drug-likeness (QED) is 0.728. The number of anilines is 1. The van der Waals surface area contributed by atoms with E-state index in [4.69, 9.17) is 0 Å². The van der Waals surface area contributed by atoms with Gasteiger partial charge in [0.2, 0.25) is 0 Å². The van der Waals surface area contributed by atoms with Crippen LogP contribution >= 0.6 is 0 Å². The van der Waals surface area contributed by atoms with Crippen molar-refractivity contribution in [2.24, 2.45) is 0 Å². The summed E-state index contributed by atoms with van der Waals surface area (Å²) in [7, 11) is 0. The lowest BCUT2D eigenvalue weighted by Crippen LogP contribution is -2.30. The van der Waals surface area contributed by atoms with Gasteiger partial charge in [-0.1, -0.05) is 24.3 Å². The lowest BCUT2D eigenvalue weighted by molar-refractivity contribution is 0.0985. The van der Waals surface area contributed by atoms with Crippen LogP contribution < -0.4 is 4.90 Å². The van der Waals surface area contributed by atoms with E-state index in [0.717, 1.165) is 11.3 Å². The first-order valence-electron chi connectivity index (χ1n) is 7.25. The van der Waals surface area contributed by atoms with Gasteiger partial charge in [-0.25, -0.2) is 4.39 Å². The average Bonchev–Trinajstić information content (AvgIpc) is 2.61. The van der Waals surface area contributed by atoms with Crippen molar-refractivity contribution in [3.05, 3.63) is 96.1 Å². The summed E-state index contributed by atoms with van der Waals surface area (Å²) in [5, 5.41) is 0. The summed E-state index contributed by atoms with van der Waals surface area (Å²) >= 11 is 0. The van der Waals surface area contributed by atoms with Gasteiger partial charge < -0.3 is 4.90 Å². The number of carbonyl (C=O) groups is 1. The summed E-state index contributed by atoms with van der Waals surface area (Å²) in [6.45, 7) is 0.397. The minimum atomic E-state index is -0.361. The van der Waals surface area contributed by atoms with Crippen LogP contribution in [0.5, 0.6) is 0 Å². The average molecular weight is 306 g/mol. The number of pyridine rings is 1. The Hall–Kier alpha value is -3.01. The molecule has 1 heterocycles. The topological polar surface area (TPSA) is 33.2 Å². The molecule has 1 aromatic heterocycles. The Balaban J connectivity index is 1.94. The third-order valence-electron chi connectivity index (χ3n) is 3.47. The first-order valence-corrected chi connectivity index (χ1v) is 7.25. The molecule has 1 amide bonds. The fourth-order valence-electron chi connectivity index (χ4n) is 2.31. The second-order valence-electron chi connectivity index (χ2n) is 5.10. The lowest BCUT2D eigenvalue weighted by Gasteiger charge is -2.23. The number of halogens is 1. The molecule has 4 heteroatoms. The summed E-state index contributed by atoms with van der Waals surface area (Å²) in [4.78, 5) is 18.6. The van der Waals surface area contributed by atoms with Crippen LogP contribution in [0.4, 0.5) is 10.1 Å². The predicted molar refractivity (Wildman–Crippen MR) is 87.6 cm³/mol. The second kappa shape index (κ2) is 6.83. The molecule has 0 aliphatic heterocycles. The van der Waals surface area contributed by atoms with Gasteiger partial charge >= 0.3 is 0 Å². The summed E-state index contributed by atoms with van der Waals surface area (Å²) in [5.74, 6) is -0.542. The maximum absolute atomic E-state index is 13.1. The Kier molecular flexibility index (Phi) is 4.43. The number of hydrogen-bond acceptors (Lipinski definition) is 2. The summed E-state index contributed by atoms with van der Waals surface area (Å²) < 4.78 is 13.1. The maximum atomic E-state index is 13.1. The summed E-state index contributed by atoms with van der Waals surface area (Å²) in [6, 6.07) is 18.7. The minimum absolute atomic E-state index is 0.181. The number of carbonyl (C=O) groups excluding carboxylic acids is 1. The van der Waals surface area contributed by atoms with Gasteiger partial charge in [-0.2, -0.15) is 0 Å². The number of aromatic nitrogens is 1. The Morgan fingerprint density at radius 1 is 0.957 bits per heavy atom. The molecule has 23 heavy (non-hydrogen) atoms. The molecule has 0 aliphatic rings. The zero-order valence-electron chi connectivity index (χ0n) is 12.4. The Bertz CT molecular complexity index is 773. The molecule has 0 saturated carbocycles. The number of hydrogen-bond donors (Lipinski definition) is 0. The normalized spacial score (nSPS) is 10.3. The maximum Gasteiger partial charge on any atom is 0.258 e. The Morgan fingerprint density at radius 2 is 1.70 bits per heavy atom. The van der Waals surface area contributed by atoms with Gasteiger partial charge in [0.05, 0.1) is 6.54 Å². The zero-order valence-corrected chi connectivity index (χ0v) is 12.4. The van der Waals surface area contributed by atoms with Crippen molar-refractivity contribution in [3.8, 4) is 0 Å². The number of nitrogens with zero attached hydrogens (tertiary/aromatic N) is 2. The minimum Gasteiger partial charge on any atom is -0.304 e. The highest BCUT2D eigenvalue weighted by Crippen LogP contribution is 2.20. The van der Waals surface area contributed by atoms with E-state index in [2.05, 4.69) is 4.98 Å². The van der Waals surface area contributed by atoms with Crippen molar-refractivity contribution in [3.63, 3.8) is 0 Å². The molecule has 0 aliphatic carbocycles. The highest BCUT2D eigenvalue weighted by Gasteiger charge is 2.18. The fraction of sp³-hybridized carbons (Fsp3) is 0.0526. The van der Waals surface area contributed by atoms with Crippen LogP contribution in [0.15, 0.2) is 79.1 Å². The molecular weight excluding hydrogens is 291 g/mol. The van der Waals surface area contributed by atoms with Gasteiger partial charge in [-0.05, 0) is 48.0 Å². The largest absolute Gasteiger partial charge is 0.304 e. The molecule has 0 atom stereocenters. The van der Waals surface area contributed by atoms with E-state index in [9.17, 15) is 9.18 Å². The number of para-hydroxylation sites is 1. The molecule has 0 radical (unpaired) electrons. The van der Waals surface area contributed by atoms with Crippen LogP contribution in [-0.4, -0.2) is 10.9 Å². The van der Waals surface area contributed by atoms with Crippen molar-refractivity contribution >= 4 is 11.6 Å². The molecule has 0 fully saturated rings. The van der Waals surface area contributed by atoms with E-state index >= 15 is 0 Å². The fourth-order valence-corrected chi connectivity index (χ4v) is 2.31. The van der Waals surface area contributed by atoms with E-state index < -0.39 is 0 Å². The van der Waals surface area contributed by atoms with Gasteiger partial charge in [0.1, 0.15) is 5.82 Å². The van der Waals surface area contributed by atoms with Crippen LogP contribution in [0.1, 0.15) is 15.9 Å². The summed E-state index contributed by atoms with van der Waals surface area (Å²) in [6.07, 6.45) is 3.42. The van der Waals surface area contributed by atoms with Crippen molar-refractivity contribution in [2.75, 3.05) is 4.90 Å². The SMILES string of the molecule is O=C(c1ccc(F)cc1)N(Cc1cccnc1)c1ccccc1. The number of benzene rings is 2. The molecule has 2 aromatic carbocycles. The Morgan fingerprint density at radius 3 is 2.35 bits per heavy atom. The van der Waals surface area contributed by atoms with Crippen LogP contribution in [0.25, 0.3) is 0 Å². The van der Waals surface area contributed by atoms with Crippen molar-refractivity contribution < 1.29 is 9.18 Å². The molecular formula is C19H15FN2O. The molecule has 3 rings (SSSR count).